The van der Waals surface area contributed by atoms with E-state index in [1.165, 1.54) is 18.6 Å². The van der Waals surface area contributed by atoms with Crippen LogP contribution in [-0.4, -0.2) is 28.8 Å². The largest absolute Gasteiger partial charge is 0.352 e. The van der Waals surface area contributed by atoms with Crippen molar-refractivity contribution in [3.8, 4) is 0 Å². The highest BCUT2D eigenvalue weighted by molar-refractivity contribution is 5.88. The predicted molar refractivity (Wildman–Crippen MR) is 116 cm³/mol. The molecule has 0 aromatic heterocycles. The molecule has 1 atom stereocenters. The van der Waals surface area contributed by atoms with Crippen molar-refractivity contribution >= 4 is 11.8 Å². The van der Waals surface area contributed by atoms with Gasteiger partial charge in [0.1, 0.15) is 11.9 Å². The minimum absolute atomic E-state index is 0.115. The average Bonchev–Trinajstić information content (AvgIpc) is 2.73. The first-order valence-electron chi connectivity index (χ1n) is 10.8. The van der Waals surface area contributed by atoms with Gasteiger partial charge in [-0.3, -0.25) is 9.59 Å². The molecule has 1 fully saturated rings. The maximum atomic E-state index is 13.3. The number of benzene rings is 2. The van der Waals surface area contributed by atoms with Crippen molar-refractivity contribution in [2.75, 3.05) is 0 Å². The molecular weight excluding hydrogens is 379 g/mol. The van der Waals surface area contributed by atoms with Gasteiger partial charge in [0.25, 0.3) is 0 Å². The first kappa shape index (κ1) is 22.0. The molecule has 0 spiro atoms. The van der Waals surface area contributed by atoms with Crippen LogP contribution in [0.15, 0.2) is 48.5 Å². The lowest BCUT2D eigenvalue weighted by molar-refractivity contribution is -0.140. The zero-order valence-electron chi connectivity index (χ0n) is 17.9. The lowest BCUT2D eigenvalue weighted by Crippen LogP contribution is -2.50. The number of halogens is 1. The van der Waals surface area contributed by atoms with Gasteiger partial charge in [-0.05, 0) is 49.9 Å². The molecule has 0 radical (unpaired) electrons. The third-order valence-corrected chi connectivity index (χ3v) is 5.82. The van der Waals surface area contributed by atoms with Crippen LogP contribution in [0.5, 0.6) is 0 Å². The lowest BCUT2D eigenvalue weighted by atomic mass is 9.95. The molecule has 3 rings (SSSR count). The van der Waals surface area contributed by atoms with Gasteiger partial charge in [0.15, 0.2) is 0 Å². The number of nitrogens with one attached hydrogen (secondary N) is 1. The smallest absolute Gasteiger partial charge is 0.242 e. The lowest BCUT2D eigenvalue weighted by Gasteiger charge is -2.31. The van der Waals surface area contributed by atoms with Crippen molar-refractivity contribution in [1.29, 1.82) is 0 Å². The van der Waals surface area contributed by atoms with Gasteiger partial charge in [0.2, 0.25) is 11.8 Å². The molecule has 160 valence electrons. The van der Waals surface area contributed by atoms with Crippen LogP contribution in [0.4, 0.5) is 4.39 Å². The number of amides is 2. The Hall–Kier alpha value is -2.69. The van der Waals surface area contributed by atoms with E-state index >= 15 is 0 Å². The SMILES string of the molecule is Cc1cccc(CC(=O)N(Cc2ccc(F)cc2)[C@H](C)C(=O)NC2CCCCC2)c1. The highest BCUT2D eigenvalue weighted by Gasteiger charge is 2.28. The molecule has 30 heavy (non-hydrogen) atoms. The maximum Gasteiger partial charge on any atom is 0.242 e. The van der Waals surface area contributed by atoms with Gasteiger partial charge >= 0.3 is 0 Å². The van der Waals surface area contributed by atoms with Gasteiger partial charge < -0.3 is 10.2 Å². The van der Waals surface area contributed by atoms with Gasteiger partial charge in [-0.1, -0.05) is 61.2 Å². The molecule has 1 aliphatic carbocycles. The van der Waals surface area contributed by atoms with Crippen LogP contribution in [-0.2, 0) is 22.6 Å². The second-order valence-corrected chi connectivity index (χ2v) is 8.33. The monoisotopic (exact) mass is 410 g/mol. The van der Waals surface area contributed by atoms with Crippen molar-refractivity contribution in [3.05, 3.63) is 71.0 Å². The van der Waals surface area contributed by atoms with E-state index in [2.05, 4.69) is 5.32 Å². The Morgan fingerprint density at radius 3 is 2.43 bits per heavy atom. The summed E-state index contributed by atoms with van der Waals surface area (Å²) in [7, 11) is 0. The average molecular weight is 411 g/mol. The fourth-order valence-electron chi connectivity index (χ4n) is 4.04. The van der Waals surface area contributed by atoms with Crippen molar-refractivity contribution in [1.82, 2.24) is 10.2 Å². The summed E-state index contributed by atoms with van der Waals surface area (Å²) in [6, 6.07) is 13.5. The second-order valence-electron chi connectivity index (χ2n) is 8.33. The van der Waals surface area contributed by atoms with E-state index in [1.807, 2.05) is 31.2 Å². The summed E-state index contributed by atoms with van der Waals surface area (Å²) in [5.74, 6) is -0.558. The quantitative estimate of drug-likeness (QED) is 0.728. The van der Waals surface area contributed by atoms with Gasteiger partial charge in [-0.15, -0.1) is 0 Å². The summed E-state index contributed by atoms with van der Waals surface area (Å²) in [6.45, 7) is 4.03. The molecule has 1 aliphatic rings. The summed E-state index contributed by atoms with van der Waals surface area (Å²) >= 11 is 0. The highest BCUT2D eigenvalue weighted by atomic mass is 19.1. The standard InChI is InChI=1S/C25H31FN2O2/c1-18-7-6-8-21(15-18)16-24(29)28(17-20-11-13-22(26)14-12-20)19(2)25(30)27-23-9-4-3-5-10-23/h6-8,11-15,19,23H,3-5,9-10,16-17H2,1-2H3,(H,27,30)/t19-/m1/s1. The normalized spacial score (nSPS) is 15.4. The minimum atomic E-state index is -0.603. The Balaban J connectivity index is 1.75. The molecule has 1 saturated carbocycles. The molecule has 0 saturated heterocycles. The predicted octanol–water partition coefficient (Wildman–Crippen LogP) is 4.54. The van der Waals surface area contributed by atoms with Crippen LogP contribution in [0, 0.1) is 12.7 Å². The number of hydrogen-bond donors (Lipinski definition) is 1. The Morgan fingerprint density at radius 2 is 1.77 bits per heavy atom. The molecule has 2 aromatic rings. The van der Waals surface area contributed by atoms with Crippen LogP contribution in [0.1, 0.15) is 55.7 Å². The number of carbonyl (C=O) groups excluding carboxylic acids is 2. The van der Waals surface area contributed by atoms with Crippen molar-refractivity contribution in [2.45, 2.75) is 71.0 Å². The fourth-order valence-corrected chi connectivity index (χ4v) is 4.04. The highest BCUT2D eigenvalue weighted by Crippen LogP contribution is 2.19. The van der Waals surface area contributed by atoms with Crippen LogP contribution in [0.3, 0.4) is 0 Å². The third-order valence-electron chi connectivity index (χ3n) is 5.82. The van der Waals surface area contributed by atoms with Gasteiger partial charge in [0.05, 0.1) is 6.42 Å². The number of aryl methyl sites for hydroxylation is 1. The molecule has 0 heterocycles. The summed E-state index contributed by atoms with van der Waals surface area (Å²) in [5.41, 5.74) is 2.81. The summed E-state index contributed by atoms with van der Waals surface area (Å²) in [6.07, 6.45) is 5.69. The van der Waals surface area contributed by atoms with E-state index in [9.17, 15) is 14.0 Å². The molecule has 2 aromatic carbocycles. The fraction of sp³-hybridized carbons (Fsp3) is 0.440. The zero-order valence-corrected chi connectivity index (χ0v) is 17.9. The number of rotatable bonds is 7. The van der Waals surface area contributed by atoms with E-state index in [-0.39, 0.29) is 36.6 Å². The number of carbonyl (C=O) groups is 2. The molecule has 4 nitrogen and oxygen atoms in total. The van der Waals surface area contributed by atoms with Crippen molar-refractivity contribution < 1.29 is 14.0 Å². The second kappa shape index (κ2) is 10.4. The molecule has 0 unspecified atom stereocenters. The summed E-state index contributed by atoms with van der Waals surface area (Å²) in [4.78, 5) is 27.8. The molecule has 2 amide bonds. The molecular formula is C25H31FN2O2. The topological polar surface area (TPSA) is 49.4 Å². The van der Waals surface area contributed by atoms with Crippen LogP contribution < -0.4 is 5.32 Å². The molecule has 0 bridgehead atoms. The van der Waals surface area contributed by atoms with Gasteiger partial charge in [-0.2, -0.15) is 0 Å². The Kier molecular flexibility index (Phi) is 7.61. The number of hydrogen-bond acceptors (Lipinski definition) is 2. The summed E-state index contributed by atoms with van der Waals surface area (Å²) < 4.78 is 13.3. The molecule has 1 N–H and O–H groups in total. The number of nitrogens with zero attached hydrogens (tertiary/aromatic N) is 1. The van der Waals surface area contributed by atoms with Crippen molar-refractivity contribution in [2.24, 2.45) is 0 Å². The van der Waals surface area contributed by atoms with Crippen molar-refractivity contribution in [3.63, 3.8) is 0 Å². The zero-order chi connectivity index (χ0) is 21.5. The van der Waals surface area contributed by atoms with Gasteiger partial charge in [0, 0.05) is 12.6 Å². The summed E-state index contributed by atoms with van der Waals surface area (Å²) in [5, 5.41) is 3.13. The first-order valence-corrected chi connectivity index (χ1v) is 10.8. The molecule has 5 heteroatoms. The molecule has 0 aliphatic heterocycles. The Bertz CT molecular complexity index is 860. The van der Waals surface area contributed by atoms with Gasteiger partial charge in [-0.25, -0.2) is 4.39 Å². The van der Waals surface area contributed by atoms with E-state index in [4.69, 9.17) is 0 Å². The maximum absolute atomic E-state index is 13.3. The Labute approximate surface area is 178 Å². The third kappa shape index (κ3) is 6.15. The van der Waals surface area contributed by atoms with E-state index in [0.717, 1.165) is 42.4 Å². The first-order chi connectivity index (χ1) is 14.4. The van der Waals surface area contributed by atoms with E-state index < -0.39 is 6.04 Å². The van der Waals surface area contributed by atoms with Crippen LogP contribution in [0.25, 0.3) is 0 Å². The van der Waals surface area contributed by atoms with Crippen LogP contribution >= 0.6 is 0 Å². The minimum Gasteiger partial charge on any atom is -0.352 e. The van der Waals surface area contributed by atoms with E-state index in [0.29, 0.717) is 0 Å². The van der Waals surface area contributed by atoms with Crippen LogP contribution in [0.2, 0.25) is 0 Å². The van der Waals surface area contributed by atoms with E-state index in [1.54, 1.807) is 24.0 Å². The Morgan fingerprint density at radius 1 is 1.07 bits per heavy atom.